The first-order chi connectivity index (χ1) is 7.08. The van der Waals surface area contributed by atoms with Crippen molar-refractivity contribution in [1.29, 1.82) is 0 Å². The van der Waals surface area contributed by atoms with E-state index in [4.69, 9.17) is 0 Å². The smallest absolute Gasteiger partial charge is 0.155 e. The van der Waals surface area contributed by atoms with Gasteiger partial charge in [0, 0.05) is 0 Å². The summed E-state index contributed by atoms with van der Waals surface area (Å²) in [5.41, 5.74) is 1.91. The third-order valence-electron chi connectivity index (χ3n) is 4.12. The van der Waals surface area contributed by atoms with E-state index in [1.165, 1.54) is 5.57 Å². The van der Waals surface area contributed by atoms with Crippen LogP contribution in [0.5, 0.6) is 0 Å². The molecule has 82 valence electrons. The molecule has 0 aromatic rings. The zero-order valence-corrected chi connectivity index (χ0v) is 9.56. The molecule has 0 amide bonds. The molecule has 0 radical (unpaired) electrons. The Hall–Kier alpha value is -0.920. The van der Waals surface area contributed by atoms with Gasteiger partial charge in [-0.2, -0.15) is 0 Å². The summed E-state index contributed by atoms with van der Waals surface area (Å²) in [5.74, 6) is 0.448. The maximum Gasteiger partial charge on any atom is 0.155 e. The molecular formula is C13H18O2. The van der Waals surface area contributed by atoms with E-state index in [9.17, 15) is 9.59 Å². The summed E-state index contributed by atoms with van der Waals surface area (Å²) in [5, 5.41) is 0. The van der Waals surface area contributed by atoms with E-state index in [1.54, 1.807) is 13.8 Å². The lowest BCUT2D eigenvalue weighted by Gasteiger charge is -2.34. The van der Waals surface area contributed by atoms with Gasteiger partial charge >= 0.3 is 0 Å². The second-order valence-electron chi connectivity index (χ2n) is 4.86. The summed E-state index contributed by atoms with van der Waals surface area (Å²) in [7, 11) is 0. The van der Waals surface area contributed by atoms with Crippen molar-refractivity contribution >= 4 is 11.6 Å². The van der Waals surface area contributed by atoms with E-state index < -0.39 is 0 Å². The van der Waals surface area contributed by atoms with Crippen LogP contribution in [0.15, 0.2) is 11.1 Å². The minimum absolute atomic E-state index is 0.176. The molecular weight excluding hydrogens is 188 g/mol. The van der Waals surface area contributed by atoms with Gasteiger partial charge in [-0.25, -0.2) is 0 Å². The van der Waals surface area contributed by atoms with E-state index in [-0.39, 0.29) is 17.0 Å². The second-order valence-corrected chi connectivity index (χ2v) is 4.86. The molecule has 2 rings (SSSR count). The number of Topliss-reactive ketones (excluding diaryl/α,β-unsaturated/α-hetero) is 2. The van der Waals surface area contributed by atoms with Crippen LogP contribution in [0, 0.1) is 5.41 Å². The number of rotatable bonds is 2. The molecule has 2 nitrogen and oxygen atoms in total. The number of fused-ring (bicyclic) bond motifs is 1. The second kappa shape index (κ2) is 3.58. The maximum atomic E-state index is 11.8. The summed E-state index contributed by atoms with van der Waals surface area (Å²) >= 11 is 0. The third kappa shape index (κ3) is 1.47. The normalized spacial score (nSPS) is 30.3. The van der Waals surface area contributed by atoms with E-state index in [0.717, 1.165) is 44.1 Å². The van der Waals surface area contributed by atoms with Crippen LogP contribution in [-0.4, -0.2) is 11.6 Å². The average molecular weight is 206 g/mol. The highest BCUT2D eigenvalue weighted by Gasteiger charge is 2.46. The van der Waals surface area contributed by atoms with Gasteiger partial charge in [-0.1, -0.05) is 6.42 Å². The number of hydrogen-bond acceptors (Lipinski definition) is 2. The van der Waals surface area contributed by atoms with E-state index >= 15 is 0 Å². The SMILES string of the molecule is CC(=O)C1=C2CCCCC2(C(C)=O)CC1. The lowest BCUT2D eigenvalue weighted by molar-refractivity contribution is -0.125. The molecule has 1 unspecified atom stereocenters. The zero-order chi connectivity index (χ0) is 11.1. The monoisotopic (exact) mass is 206 g/mol. The molecule has 0 aromatic heterocycles. The van der Waals surface area contributed by atoms with Crippen molar-refractivity contribution in [3.8, 4) is 0 Å². The highest BCUT2D eigenvalue weighted by molar-refractivity contribution is 5.98. The number of carbonyl (C=O) groups excluding carboxylic acids is 2. The van der Waals surface area contributed by atoms with Gasteiger partial charge in [0.25, 0.3) is 0 Å². The fourth-order valence-electron chi connectivity index (χ4n) is 3.28. The lowest BCUT2D eigenvalue weighted by Crippen LogP contribution is -2.31. The predicted molar refractivity (Wildman–Crippen MR) is 58.5 cm³/mol. The third-order valence-corrected chi connectivity index (χ3v) is 4.12. The molecule has 1 fully saturated rings. The van der Waals surface area contributed by atoms with Crippen molar-refractivity contribution in [2.75, 3.05) is 0 Å². The quantitative estimate of drug-likeness (QED) is 0.696. The van der Waals surface area contributed by atoms with Crippen molar-refractivity contribution in [1.82, 2.24) is 0 Å². The molecule has 0 heterocycles. The molecule has 15 heavy (non-hydrogen) atoms. The molecule has 0 aromatic carbocycles. The molecule has 0 N–H and O–H groups in total. The predicted octanol–water partition coefficient (Wildman–Crippen LogP) is 2.82. The summed E-state index contributed by atoms with van der Waals surface area (Å²) in [4.78, 5) is 23.3. The van der Waals surface area contributed by atoms with Crippen LogP contribution in [0.1, 0.15) is 52.4 Å². The van der Waals surface area contributed by atoms with Gasteiger partial charge in [-0.05, 0) is 57.1 Å². The van der Waals surface area contributed by atoms with Crippen LogP contribution < -0.4 is 0 Å². The minimum Gasteiger partial charge on any atom is -0.299 e. The molecule has 0 spiro atoms. The first kappa shape index (κ1) is 10.6. The maximum absolute atomic E-state index is 11.8. The largest absolute Gasteiger partial charge is 0.299 e. The molecule has 2 aliphatic rings. The Morgan fingerprint density at radius 3 is 2.40 bits per heavy atom. The Morgan fingerprint density at radius 2 is 1.80 bits per heavy atom. The summed E-state index contributed by atoms with van der Waals surface area (Å²) < 4.78 is 0. The Labute approximate surface area is 90.7 Å². The van der Waals surface area contributed by atoms with Crippen LogP contribution in [0.2, 0.25) is 0 Å². The van der Waals surface area contributed by atoms with Crippen LogP contribution in [0.3, 0.4) is 0 Å². The molecule has 2 aliphatic carbocycles. The summed E-state index contributed by atoms with van der Waals surface area (Å²) in [6.45, 7) is 3.32. The highest BCUT2D eigenvalue weighted by atomic mass is 16.1. The van der Waals surface area contributed by atoms with E-state index in [2.05, 4.69) is 0 Å². The molecule has 0 aliphatic heterocycles. The lowest BCUT2D eigenvalue weighted by atomic mass is 9.68. The van der Waals surface area contributed by atoms with E-state index in [1.807, 2.05) is 0 Å². The Kier molecular flexibility index (Phi) is 2.53. The van der Waals surface area contributed by atoms with Gasteiger partial charge < -0.3 is 0 Å². The number of ketones is 2. The van der Waals surface area contributed by atoms with Crippen molar-refractivity contribution in [3.63, 3.8) is 0 Å². The fraction of sp³-hybridized carbons (Fsp3) is 0.692. The number of carbonyl (C=O) groups is 2. The molecule has 2 heteroatoms. The number of hydrogen-bond donors (Lipinski definition) is 0. The van der Waals surface area contributed by atoms with Gasteiger partial charge in [-0.3, -0.25) is 9.59 Å². The van der Waals surface area contributed by atoms with Crippen LogP contribution in [0.25, 0.3) is 0 Å². The van der Waals surface area contributed by atoms with Gasteiger partial charge in [0.15, 0.2) is 5.78 Å². The Morgan fingerprint density at radius 1 is 1.07 bits per heavy atom. The van der Waals surface area contributed by atoms with Gasteiger partial charge in [0.1, 0.15) is 5.78 Å². The van der Waals surface area contributed by atoms with Crippen molar-refractivity contribution in [3.05, 3.63) is 11.1 Å². The molecule has 0 saturated heterocycles. The van der Waals surface area contributed by atoms with Crippen molar-refractivity contribution in [2.24, 2.45) is 5.41 Å². The zero-order valence-electron chi connectivity index (χ0n) is 9.56. The Balaban J connectivity index is 2.46. The summed E-state index contributed by atoms with van der Waals surface area (Å²) in [6.07, 6.45) is 5.91. The fourth-order valence-corrected chi connectivity index (χ4v) is 3.28. The Bertz CT molecular complexity index is 352. The first-order valence-electron chi connectivity index (χ1n) is 5.82. The molecule has 1 saturated carbocycles. The molecule has 1 atom stereocenters. The van der Waals surface area contributed by atoms with Crippen LogP contribution >= 0.6 is 0 Å². The average Bonchev–Trinajstić information content (AvgIpc) is 2.57. The topological polar surface area (TPSA) is 34.1 Å². The molecule has 0 bridgehead atoms. The first-order valence-corrected chi connectivity index (χ1v) is 5.82. The number of allylic oxidation sites excluding steroid dienone is 2. The standard InChI is InChI=1S/C13H18O2/c1-9(14)11-6-8-13(10(2)15)7-4-3-5-12(11)13/h3-8H2,1-2H3. The summed E-state index contributed by atoms with van der Waals surface area (Å²) in [6, 6.07) is 0. The van der Waals surface area contributed by atoms with Gasteiger partial charge in [0.05, 0.1) is 5.41 Å². The van der Waals surface area contributed by atoms with Crippen molar-refractivity contribution < 1.29 is 9.59 Å². The van der Waals surface area contributed by atoms with Gasteiger partial charge in [-0.15, -0.1) is 0 Å². The van der Waals surface area contributed by atoms with Crippen molar-refractivity contribution in [2.45, 2.75) is 52.4 Å². The highest BCUT2D eigenvalue weighted by Crippen LogP contribution is 2.52. The van der Waals surface area contributed by atoms with Crippen LogP contribution in [-0.2, 0) is 9.59 Å². The van der Waals surface area contributed by atoms with E-state index in [0.29, 0.717) is 0 Å². The minimum atomic E-state index is -0.237. The van der Waals surface area contributed by atoms with Crippen LogP contribution in [0.4, 0.5) is 0 Å². The van der Waals surface area contributed by atoms with Gasteiger partial charge in [0.2, 0.25) is 0 Å².